The lowest BCUT2D eigenvalue weighted by atomic mass is 10.2. The Kier molecular flexibility index (Phi) is 7.37. The molecule has 0 saturated heterocycles. The quantitative estimate of drug-likeness (QED) is 0.433. The van der Waals surface area contributed by atoms with Crippen molar-refractivity contribution in [1.82, 2.24) is 0 Å². The number of carbonyl (C=O) groups is 1. The highest BCUT2D eigenvalue weighted by Gasteiger charge is 2.12. The van der Waals surface area contributed by atoms with Crippen molar-refractivity contribution in [2.24, 2.45) is 11.7 Å². The third kappa shape index (κ3) is 6.82. The van der Waals surface area contributed by atoms with E-state index in [1.807, 2.05) is 13.8 Å². The zero-order chi connectivity index (χ0) is 11.0. The van der Waals surface area contributed by atoms with Crippen molar-refractivity contribution in [2.75, 3.05) is 26.4 Å². The lowest BCUT2D eigenvalue weighted by Crippen LogP contribution is -2.36. The summed E-state index contributed by atoms with van der Waals surface area (Å²) in [7, 11) is 0. The third-order valence-corrected chi connectivity index (χ3v) is 1.42. The Bertz CT molecular complexity index is 161. The molecule has 5 nitrogen and oxygen atoms in total. The van der Waals surface area contributed by atoms with Crippen LogP contribution >= 0.6 is 0 Å². The molecule has 0 aromatic rings. The first-order valence-corrected chi connectivity index (χ1v) is 4.68. The molecular weight excluding hydrogens is 186 g/mol. The molecule has 0 aliphatic heterocycles. The number of ether oxygens (including phenoxy) is 2. The molecule has 0 spiro atoms. The highest BCUT2D eigenvalue weighted by atomic mass is 16.6. The second-order valence-corrected chi connectivity index (χ2v) is 3.43. The average Bonchev–Trinajstić information content (AvgIpc) is 2.15. The zero-order valence-corrected chi connectivity index (χ0v) is 8.73. The number of esters is 1. The van der Waals surface area contributed by atoms with Crippen LogP contribution in [0.15, 0.2) is 0 Å². The first-order chi connectivity index (χ1) is 6.57. The van der Waals surface area contributed by atoms with Gasteiger partial charge in [0.2, 0.25) is 0 Å². The lowest BCUT2D eigenvalue weighted by molar-refractivity contribution is -0.147. The molecule has 1 atom stereocenters. The van der Waals surface area contributed by atoms with E-state index >= 15 is 0 Å². The van der Waals surface area contributed by atoms with Gasteiger partial charge >= 0.3 is 5.97 Å². The van der Waals surface area contributed by atoms with Crippen LogP contribution in [0.3, 0.4) is 0 Å². The van der Waals surface area contributed by atoms with Gasteiger partial charge in [0.15, 0.2) is 0 Å². The third-order valence-electron chi connectivity index (χ3n) is 1.42. The molecule has 0 aromatic carbocycles. The van der Waals surface area contributed by atoms with Crippen LogP contribution in [0.5, 0.6) is 0 Å². The fraction of sp³-hybridized carbons (Fsp3) is 0.889. The number of carbonyl (C=O) groups excluding carboxylic acids is 1. The summed E-state index contributed by atoms with van der Waals surface area (Å²) >= 11 is 0. The molecule has 0 radical (unpaired) electrons. The highest BCUT2D eigenvalue weighted by Crippen LogP contribution is 1.92. The van der Waals surface area contributed by atoms with Crippen molar-refractivity contribution in [3.63, 3.8) is 0 Å². The van der Waals surface area contributed by atoms with Gasteiger partial charge in [0, 0.05) is 6.61 Å². The number of aliphatic hydroxyl groups is 1. The summed E-state index contributed by atoms with van der Waals surface area (Å²) in [6.45, 7) is 4.86. The van der Waals surface area contributed by atoms with E-state index in [4.69, 9.17) is 20.3 Å². The molecule has 14 heavy (non-hydrogen) atoms. The van der Waals surface area contributed by atoms with Gasteiger partial charge in [0.1, 0.15) is 12.6 Å². The molecule has 0 bridgehead atoms. The molecule has 0 heterocycles. The second-order valence-electron chi connectivity index (χ2n) is 3.43. The Morgan fingerprint density at radius 2 is 2.07 bits per heavy atom. The Labute approximate surface area is 84.2 Å². The van der Waals surface area contributed by atoms with Gasteiger partial charge in [-0.05, 0) is 5.92 Å². The molecule has 0 aromatic heterocycles. The van der Waals surface area contributed by atoms with Gasteiger partial charge in [0.25, 0.3) is 0 Å². The first kappa shape index (κ1) is 13.4. The minimum absolute atomic E-state index is 0.180. The standard InChI is InChI=1S/C9H19NO4/c1-7(2)6-13-3-4-14-9(12)8(10)5-11/h7-8,11H,3-6,10H2,1-2H3/t8-/m0/s1. The fourth-order valence-corrected chi connectivity index (χ4v) is 0.702. The molecule has 0 saturated carbocycles. The summed E-state index contributed by atoms with van der Waals surface area (Å²) in [5.74, 6) is -0.133. The van der Waals surface area contributed by atoms with Crippen molar-refractivity contribution in [1.29, 1.82) is 0 Å². The van der Waals surface area contributed by atoms with E-state index in [-0.39, 0.29) is 6.61 Å². The average molecular weight is 205 g/mol. The van der Waals surface area contributed by atoms with Crippen molar-refractivity contribution >= 4 is 5.97 Å². The van der Waals surface area contributed by atoms with Crippen LogP contribution in [0.2, 0.25) is 0 Å². The molecule has 0 aliphatic rings. The summed E-state index contributed by atoms with van der Waals surface area (Å²) in [5, 5.41) is 8.52. The van der Waals surface area contributed by atoms with Gasteiger partial charge in [-0.25, -0.2) is 0 Å². The minimum Gasteiger partial charge on any atom is -0.462 e. The van der Waals surface area contributed by atoms with E-state index in [2.05, 4.69) is 0 Å². The summed E-state index contributed by atoms with van der Waals surface area (Å²) in [4.78, 5) is 10.9. The van der Waals surface area contributed by atoms with E-state index < -0.39 is 18.6 Å². The number of hydrogen-bond donors (Lipinski definition) is 2. The van der Waals surface area contributed by atoms with Crippen LogP contribution in [-0.4, -0.2) is 43.5 Å². The molecule has 0 aliphatic carbocycles. The normalized spacial score (nSPS) is 12.9. The monoisotopic (exact) mass is 205 g/mol. The van der Waals surface area contributed by atoms with E-state index in [9.17, 15) is 4.79 Å². The molecule has 0 fully saturated rings. The number of aliphatic hydroxyl groups excluding tert-OH is 1. The molecule has 0 unspecified atom stereocenters. The molecule has 3 N–H and O–H groups in total. The van der Waals surface area contributed by atoms with Gasteiger partial charge in [-0.15, -0.1) is 0 Å². The molecular formula is C9H19NO4. The van der Waals surface area contributed by atoms with Gasteiger partial charge in [-0.2, -0.15) is 0 Å². The Balaban J connectivity index is 3.32. The number of hydrogen-bond acceptors (Lipinski definition) is 5. The number of nitrogens with two attached hydrogens (primary N) is 1. The smallest absolute Gasteiger partial charge is 0.325 e. The van der Waals surface area contributed by atoms with Crippen molar-refractivity contribution in [3.05, 3.63) is 0 Å². The molecule has 5 heteroatoms. The summed E-state index contributed by atoms with van der Waals surface area (Å²) < 4.78 is 9.91. The van der Waals surface area contributed by atoms with Crippen LogP contribution in [0, 0.1) is 5.92 Å². The molecule has 84 valence electrons. The summed E-state index contributed by atoms with van der Waals surface area (Å²) in [5.41, 5.74) is 5.21. The Morgan fingerprint density at radius 3 is 2.57 bits per heavy atom. The first-order valence-electron chi connectivity index (χ1n) is 4.68. The van der Waals surface area contributed by atoms with E-state index in [1.165, 1.54) is 0 Å². The summed E-state index contributed by atoms with van der Waals surface area (Å²) in [6.07, 6.45) is 0. The van der Waals surface area contributed by atoms with Crippen molar-refractivity contribution in [3.8, 4) is 0 Å². The van der Waals surface area contributed by atoms with Crippen LogP contribution in [0.25, 0.3) is 0 Å². The van der Waals surface area contributed by atoms with Gasteiger partial charge in [0.05, 0.1) is 13.2 Å². The van der Waals surface area contributed by atoms with Gasteiger partial charge < -0.3 is 20.3 Å². The summed E-state index contributed by atoms with van der Waals surface area (Å²) in [6, 6.07) is -0.944. The van der Waals surface area contributed by atoms with Gasteiger partial charge in [-0.3, -0.25) is 4.79 Å². The van der Waals surface area contributed by atoms with E-state index in [1.54, 1.807) is 0 Å². The minimum atomic E-state index is -0.944. The van der Waals surface area contributed by atoms with Gasteiger partial charge in [-0.1, -0.05) is 13.8 Å². The van der Waals surface area contributed by atoms with E-state index in [0.29, 0.717) is 19.1 Å². The zero-order valence-electron chi connectivity index (χ0n) is 8.73. The molecule has 0 amide bonds. The Morgan fingerprint density at radius 1 is 1.43 bits per heavy atom. The molecule has 0 rings (SSSR count). The van der Waals surface area contributed by atoms with Crippen LogP contribution < -0.4 is 5.73 Å². The predicted octanol–water partition coefficient (Wildman–Crippen LogP) is -0.478. The fourth-order valence-electron chi connectivity index (χ4n) is 0.702. The number of rotatable bonds is 7. The van der Waals surface area contributed by atoms with Crippen LogP contribution in [-0.2, 0) is 14.3 Å². The highest BCUT2D eigenvalue weighted by molar-refractivity contribution is 5.75. The lowest BCUT2D eigenvalue weighted by Gasteiger charge is -2.09. The maximum atomic E-state index is 10.9. The van der Waals surface area contributed by atoms with Crippen molar-refractivity contribution in [2.45, 2.75) is 19.9 Å². The maximum Gasteiger partial charge on any atom is 0.325 e. The van der Waals surface area contributed by atoms with E-state index in [0.717, 1.165) is 0 Å². The SMILES string of the molecule is CC(C)COCCOC(=O)[C@@H](N)CO. The topological polar surface area (TPSA) is 81.8 Å². The van der Waals surface area contributed by atoms with Crippen molar-refractivity contribution < 1.29 is 19.4 Å². The second kappa shape index (κ2) is 7.73. The maximum absolute atomic E-state index is 10.9. The van der Waals surface area contributed by atoms with Crippen LogP contribution in [0.4, 0.5) is 0 Å². The Hall–Kier alpha value is -0.650. The largest absolute Gasteiger partial charge is 0.462 e. The predicted molar refractivity (Wildman–Crippen MR) is 51.7 cm³/mol. The van der Waals surface area contributed by atoms with Crippen LogP contribution in [0.1, 0.15) is 13.8 Å².